The summed E-state index contributed by atoms with van der Waals surface area (Å²) in [7, 11) is 0. The summed E-state index contributed by atoms with van der Waals surface area (Å²) in [5.74, 6) is -0.757. The van der Waals surface area contributed by atoms with Crippen LogP contribution >= 0.6 is 12.2 Å². The molecule has 0 spiro atoms. The number of aliphatic imine (C=N–C) groups is 1. The normalized spacial score (nSPS) is 13.8. The zero-order valence-electron chi connectivity index (χ0n) is 16.6. The summed E-state index contributed by atoms with van der Waals surface area (Å²) >= 11 is 5.26. The monoisotopic (exact) mass is 441 g/mol. The molecule has 0 saturated carbocycles. The van der Waals surface area contributed by atoms with Gasteiger partial charge in [-0.25, -0.2) is 9.38 Å². The number of rotatable bonds is 3. The molecule has 2 N–H and O–H groups in total. The van der Waals surface area contributed by atoms with Crippen LogP contribution in [0.2, 0.25) is 0 Å². The minimum Gasteiger partial charge on any atom is -0.494 e. The molecule has 5 rings (SSSR count). The van der Waals surface area contributed by atoms with E-state index in [-0.39, 0.29) is 16.2 Å². The van der Waals surface area contributed by atoms with Gasteiger partial charge >= 0.3 is 0 Å². The fourth-order valence-electron chi connectivity index (χ4n) is 3.71. The number of nitrogens with one attached hydrogen (secondary N) is 1. The molecule has 5 nitrogen and oxygen atoms in total. The van der Waals surface area contributed by atoms with E-state index < -0.39 is 11.4 Å². The van der Waals surface area contributed by atoms with Crippen molar-refractivity contribution < 1.29 is 9.50 Å². The Kier molecular flexibility index (Phi) is 4.88. The van der Waals surface area contributed by atoms with Crippen LogP contribution < -0.4 is 5.56 Å². The van der Waals surface area contributed by atoms with Gasteiger partial charge in [0.1, 0.15) is 11.4 Å². The number of nitrogens with zero attached hydrogens (tertiary/aromatic N) is 2. The molecule has 1 aliphatic heterocycles. The van der Waals surface area contributed by atoms with Gasteiger partial charge in [-0.2, -0.15) is 0 Å². The zero-order chi connectivity index (χ0) is 22.2. The number of hydrogen-bond acceptors (Lipinski definition) is 4. The molecule has 4 aromatic rings. The molecule has 0 unspecified atom stereocenters. The first-order chi connectivity index (χ1) is 15.5. The number of allylic oxidation sites excluding steroid dienone is 1. The fourth-order valence-corrected chi connectivity index (χ4v) is 4.00. The number of fused-ring (bicyclic) bond motifs is 1. The molecule has 32 heavy (non-hydrogen) atoms. The lowest BCUT2D eigenvalue weighted by Gasteiger charge is -2.12. The second-order valence-corrected chi connectivity index (χ2v) is 7.60. The largest absolute Gasteiger partial charge is 0.494 e. The molecule has 1 aliphatic rings. The van der Waals surface area contributed by atoms with Crippen molar-refractivity contribution in [2.24, 2.45) is 4.99 Å². The van der Waals surface area contributed by atoms with Crippen LogP contribution in [0.5, 0.6) is 5.88 Å². The third-order valence-electron chi connectivity index (χ3n) is 5.22. The van der Waals surface area contributed by atoms with Crippen molar-refractivity contribution in [3.05, 3.63) is 116 Å². The Bertz CT molecular complexity index is 1520. The zero-order valence-corrected chi connectivity index (χ0v) is 17.4. The number of hydrogen-bond donors (Lipinski definition) is 2. The molecule has 0 saturated heterocycles. The Hall–Kier alpha value is -4.10. The summed E-state index contributed by atoms with van der Waals surface area (Å²) in [4.78, 5) is 20.2. The third kappa shape index (κ3) is 3.38. The van der Waals surface area contributed by atoms with Crippen LogP contribution in [0.4, 0.5) is 10.1 Å². The van der Waals surface area contributed by atoms with E-state index in [0.717, 1.165) is 16.8 Å². The highest BCUT2D eigenvalue weighted by atomic mass is 32.1. The minimum atomic E-state index is -0.532. The highest BCUT2D eigenvalue weighted by Crippen LogP contribution is 2.38. The lowest BCUT2D eigenvalue weighted by Crippen LogP contribution is -2.16. The van der Waals surface area contributed by atoms with Gasteiger partial charge in [0.05, 0.1) is 17.1 Å². The first kappa shape index (κ1) is 19.8. The summed E-state index contributed by atoms with van der Waals surface area (Å²) in [6, 6.07) is 22.7. The van der Waals surface area contributed by atoms with Crippen LogP contribution in [0, 0.1) is 10.6 Å². The maximum Gasteiger partial charge on any atom is 0.262 e. The molecule has 7 heteroatoms. The molecule has 0 atom stereocenters. The van der Waals surface area contributed by atoms with Crippen molar-refractivity contribution in [3.63, 3.8) is 0 Å². The van der Waals surface area contributed by atoms with Crippen molar-refractivity contribution in [2.45, 2.75) is 0 Å². The molecule has 0 bridgehead atoms. The summed E-state index contributed by atoms with van der Waals surface area (Å²) < 4.78 is 14.7. The molecule has 0 aliphatic carbocycles. The van der Waals surface area contributed by atoms with E-state index in [1.54, 1.807) is 6.08 Å². The van der Waals surface area contributed by atoms with Crippen molar-refractivity contribution in [3.8, 4) is 11.6 Å². The molecule has 1 aromatic heterocycles. The summed E-state index contributed by atoms with van der Waals surface area (Å²) in [6.07, 6.45) is 1.61. The maximum absolute atomic E-state index is 13.4. The number of aromatic hydroxyl groups is 1. The average Bonchev–Trinajstić information content (AvgIpc) is 3.17. The van der Waals surface area contributed by atoms with E-state index in [4.69, 9.17) is 17.2 Å². The summed E-state index contributed by atoms with van der Waals surface area (Å²) in [5.41, 5.74) is 3.83. The third-order valence-corrected chi connectivity index (χ3v) is 5.51. The van der Waals surface area contributed by atoms with E-state index in [2.05, 4.69) is 4.98 Å². The van der Waals surface area contributed by atoms with Gasteiger partial charge < -0.3 is 5.11 Å². The number of H-pyrrole nitrogens is 1. The van der Waals surface area contributed by atoms with E-state index in [1.165, 1.54) is 28.8 Å². The quantitative estimate of drug-likeness (QED) is 0.418. The van der Waals surface area contributed by atoms with Gasteiger partial charge in [-0.1, -0.05) is 48.5 Å². The lowest BCUT2D eigenvalue weighted by atomic mass is 9.96. The van der Waals surface area contributed by atoms with Gasteiger partial charge in [0, 0.05) is 16.7 Å². The number of aromatic nitrogens is 2. The fraction of sp³-hybridized carbons (Fsp3) is 0. The maximum atomic E-state index is 13.4. The van der Waals surface area contributed by atoms with Crippen LogP contribution in [0.3, 0.4) is 0 Å². The van der Waals surface area contributed by atoms with Gasteiger partial charge in [-0.3, -0.25) is 14.3 Å². The van der Waals surface area contributed by atoms with Gasteiger partial charge in [0.2, 0.25) is 5.88 Å². The second-order valence-electron chi connectivity index (χ2n) is 7.21. The molecule has 0 fully saturated rings. The molecular weight excluding hydrogens is 425 g/mol. The molecule has 0 radical (unpaired) electrons. The number of para-hydroxylation sites is 1. The van der Waals surface area contributed by atoms with Crippen LogP contribution in [-0.4, -0.2) is 20.4 Å². The van der Waals surface area contributed by atoms with E-state index in [1.807, 2.05) is 54.6 Å². The van der Waals surface area contributed by atoms with Crippen molar-refractivity contribution >= 4 is 35.3 Å². The summed E-state index contributed by atoms with van der Waals surface area (Å²) in [5, 5.41) is 11.0. The Balaban J connectivity index is 1.74. The van der Waals surface area contributed by atoms with Crippen LogP contribution in [0.25, 0.3) is 17.3 Å². The number of benzene rings is 3. The first-order valence-electron chi connectivity index (χ1n) is 9.83. The molecule has 156 valence electrons. The number of aromatic amines is 1. The Labute approximate surface area is 187 Å². The smallest absolute Gasteiger partial charge is 0.262 e. The first-order valence-corrected chi connectivity index (χ1v) is 10.2. The summed E-state index contributed by atoms with van der Waals surface area (Å²) in [6.45, 7) is 0. The average molecular weight is 441 g/mol. The predicted octanol–water partition coefficient (Wildman–Crippen LogP) is 5.41. The van der Waals surface area contributed by atoms with Crippen LogP contribution in [0.15, 0.2) is 88.6 Å². The topological polar surface area (TPSA) is 70.4 Å². The minimum absolute atomic E-state index is 0.00466. The predicted molar refractivity (Wildman–Crippen MR) is 126 cm³/mol. The molecular formula is C25H16FN3O2S. The van der Waals surface area contributed by atoms with E-state index in [9.17, 15) is 14.3 Å². The lowest BCUT2D eigenvalue weighted by molar-refractivity contribution is 0.432. The Morgan fingerprint density at radius 3 is 2.41 bits per heavy atom. The van der Waals surface area contributed by atoms with Gasteiger partial charge in [-0.05, 0) is 48.6 Å². The van der Waals surface area contributed by atoms with Gasteiger partial charge in [-0.15, -0.1) is 0 Å². The SMILES string of the molecule is O=c1[nH]c(=S)n(-c2ccc(F)cc2)c(O)c1/C=C1/C(c2ccccc2)=Nc2ccccc21. The van der Waals surface area contributed by atoms with E-state index in [0.29, 0.717) is 17.0 Å². The highest BCUT2D eigenvalue weighted by Gasteiger charge is 2.23. The second kappa shape index (κ2) is 7.86. The van der Waals surface area contributed by atoms with Crippen molar-refractivity contribution in [2.75, 3.05) is 0 Å². The van der Waals surface area contributed by atoms with Crippen molar-refractivity contribution in [1.82, 2.24) is 9.55 Å². The molecule has 2 heterocycles. The standard InChI is InChI=1S/C25H16FN3O2S/c26-16-10-12-17(13-11-16)29-24(31)20(23(30)28-25(29)32)14-19-18-8-4-5-9-21(18)27-22(19)15-6-2-1-3-7-15/h1-14,31H,(H,28,30,32)/b19-14+. The molecule has 0 amide bonds. The van der Waals surface area contributed by atoms with Gasteiger partial charge in [0.15, 0.2) is 4.77 Å². The van der Waals surface area contributed by atoms with Crippen LogP contribution in [0.1, 0.15) is 16.7 Å². The highest BCUT2D eigenvalue weighted by molar-refractivity contribution is 7.71. The number of halogens is 1. The van der Waals surface area contributed by atoms with Crippen molar-refractivity contribution in [1.29, 1.82) is 0 Å². The Morgan fingerprint density at radius 2 is 1.66 bits per heavy atom. The van der Waals surface area contributed by atoms with Crippen LogP contribution in [-0.2, 0) is 0 Å². The molecule has 3 aromatic carbocycles. The van der Waals surface area contributed by atoms with Gasteiger partial charge in [0.25, 0.3) is 5.56 Å². The Morgan fingerprint density at radius 1 is 0.969 bits per heavy atom. The van der Waals surface area contributed by atoms with E-state index >= 15 is 0 Å².